The maximum atomic E-state index is 5.07. The molecule has 2 fully saturated rings. The summed E-state index contributed by atoms with van der Waals surface area (Å²) in [5.41, 5.74) is 9.29. The standard InChI is InChI=1S/C26H35N5/c1-17(2)18(3)13-23(27-6)24-14-25(21-8-7-9-21)31-16-22(12-19(4)26(31)29-24)30-11-10-28-20(5)15-30/h12-14,16,20,28H,1,7-11,15H2,2-6H3/b18-13+,27-23?/t20-/m1/s1. The van der Waals surface area contributed by atoms with Crippen molar-refractivity contribution >= 4 is 11.5 Å². The molecule has 3 heterocycles. The van der Waals surface area contributed by atoms with E-state index in [1.54, 1.807) is 0 Å². The topological polar surface area (TPSA) is 43.2 Å². The van der Waals surface area contributed by atoms with Gasteiger partial charge in [0.25, 0.3) is 0 Å². The van der Waals surface area contributed by atoms with Gasteiger partial charge >= 0.3 is 0 Å². The van der Waals surface area contributed by atoms with Crippen LogP contribution in [0.1, 0.15) is 47.0 Å². The highest BCUT2D eigenvalue weighted by Gasteiger charge is 2.30. The average molecular weight is 418 g/mol. The molecule has 1 atom stereocenters. The fourth-order valence-electron chi connectivity index (χ4n) is 4.31. The normalized spacial score (nSPS) is 24.7. The molecule has 5 heteroatoms. The third-order valence-corrected chi connectivity index (χ3v) is 6.55. The Hall–Kier alpha value is -2.66. The molecular formula is C26H35N5. The SMILES string of the molecule is C=C(C)/C(C)=C/C(=NC)C1=CC(=C2CCC2)N2C=C(N3CCN[C@H](C)C3)C=C(C)C2=N1. The number of aliphatic imine (C=N–C) groups is 2. The number of nitrogens with one attached hydrogen (secondary N) is 1. The van der Waals surface area contributed by atoms with Crippen LogP contribution in [0.2, 0.25) is 0 Å². The Morgan fingerprint density at radius 2 is 2.06 bits per heavy atom. The Bertz CT molecular complexity index is 993. The second kappa shape index (κ2) is 8.83. The Morgan fingerprint density at radius 1 is 1.29 bits per heavy atom. The highest BCUT2D eigenvalue weighted by molar-refractivity contribution is 6.13. The molecule has 31 heavy (non-hydrogen) atoms. The van der Waals surface area contributed by atoms with E-state index in [1.807, 2.05) is 14.0 Å². The maximum Gasteiger partial charge on any atom is 0.140 e. The highest BCUT2D eigenvalue weighted by atomic mass is 15.3. The molecule has 1 saturated heterocycles. The highest BCUT2D eigenvalue weighted by Crippen LogP contribution is 2.37. The summed E-state index contributed by atoms with van der Waals surface area (Å²) in [5.74, 6) is 1.02. The molecule has 5 nitrogen and oxygen atoms in total. The first-order valence-electron chi connectivity index (χ1n) is 11.4. The van der Waals surface area contributed by atoms with Crippen molar-refractivity contribution < 1.29 is 0 Å². The van der Waals surface area contributed by atoms with Crippen LogP contribution in [0.25, 0.3) is 0 Å². The van der Waals surface area contributed by atoms with E-state index < -0.39 is 0 Å². The van der Waals surface area contributed by atoms with Crippen molar-refractivity contribution in [1.29, 1.82) is 0 Å². The minimum atomic E-state index is 0.502. The molecule has 1 aliphatic carbocycles. The molecule has 0 spiro atoms. The second-order valence-corrected chi connectivity index (χ2v) is 9.08. The summed E-state index contributed by atoms with van der Waals surface area (Å²) in [7, 11) is 1.84. The van der Waals surface area contributed by atoms with E-state index in [9.17, 15) is 0 Å². The van der Waals surface area contributed by atoms with Gasteiger partial charge in [-0.15, -0.1) is 0 Å². The van der Waals surface area contributed by atoms with Crippen molar-refractivity contribution in [2.75, 3.05) is 26.7 Å². The number of nitrogens with zero attached hydrogens (tertiary/aromatic N) is 4. The van der Waals surface area contributed by atoms with Crippen LogP contribution in [0.4, 0.5) is 0 Å². The van der Waals surface area contributed by atoms with Gasteiger partial charge in [0.05, 0.1) is 17.1 Å². The molecule has 0 amide bonds. The monoisotopic (exact) mass is 417 g/mol. The van der Waals surface area contributed by atoms with Crippen molar-refractivity contribution in [2.24, 2.45) is 9.98 Å². The Balaban J connectivity index is 1.74. The van der Waals surface area contributed by atoms with Crippen LogP contribution < -0.4 is 5.32 Å². The van der Waals surface area contributed by atoms with E-state index >= 15 is 0 Å². The fraction of sp³-hybridized carbons (Fsp3) is 0.462. The molecular weight excluding hydrogens is 382 g/mol. The number of rotatable bonds is 4. The zero-order valence-corrected chi connectivity index (χ0v) is 19.6. The summed E-state index contributed by atoms with van der Waals surface area (Å²) in [6.07, 6.45) is 12.5. The summed E-state index contributed by atoms with van der Waals surface area (Å²) >= 11 is 0. The zero-order valence-electron chi connectivity index (χ0n) is 19.6. The average Bonchev–Trinajstić information content (AvgIpc) is 2.70. The van der Waals surface area contributed by atoms with Crippen molar-refractivity contribution in [3.8, 4) is 0 Å². The minimum absolute atomic E-state index is 0.502. The first-order valence-corrected chi connectivity index (χ1v) is 11.4. The van der Waals surface area contributed by atoms with E-state index in [4.69, 9.17) is 4.99 Å². The van der Waals surface area contributed by atoms with Gasteiger partial charge < -0.3 is 10.2 Å². The quantitative estimate of drug-likeness (QED) is 0.532. The van der Waals surface area contributed by atoms with Gasteiger partial charge in [0.15, 0.2) is 0 Å². The van der Waals surface area contributed by atoms with Crippen molar-refractivity contribution in [2.45, 2.75) is 53.0 Å². The van der Waals surface area contributed by atoms with Crippen molar-refractivity contribution in [3.05, 3.63) is 70.4 Å². The van der Waals surface area contributed by atoms with Crippen LogP contribution in [0.5, 0.6) is 0 Å². The van der Waals surface area contributed by atoms with E-state index in [0.717, 1.165) is 48.0 Å². The van der Waals surface area contributed by atoms with Gasteiger partial charge in [-0.05, 0) is 81.9 Å². The largest absolute Gasteiger partial charge is 0.368 e. The maximum absolute atomic E-state index is 5.07. The van der Waals surface area contributed by atoms with Crippen LogP contribution in [-0.2, 0) is 0 Å². The lowest BCUT2D eigenvalue weighted by Crippen LogP contribution is -2.49. The summed E-state index contributed by atoms with van der Waals surface area (Å²) in [5, 5.41) is 3.54. The number of fused-ring (bicyclic) bond motifs is 1. The van der Waals surface area contributed by atoms with E-state index in [-0.39, 0.29) is 0 Å². The van der Waals surface area contributed by atoms with Crippen molar-refractivity contribution in [1.82, 2.24) is 15.1 Å². The van der Waals surface area contributed by atoms with Crippen LogP contribution in [0.3, 0.4) is 0 Å². The zero-order chi connectivity index (χ0) is 22.1. The number of allylic oxidation sites excluding steroid dienone is 6. The van der Waals surface area contributed by atoms with Crippen LogP contribution in [0.15, 0.2) is 80.4 Å². The predicted molar refractivity (Wildman–Crippen MR) is 131 cm³/mol. The third kappa shape index (κ3) is 4.38. The van der Waals surface area contributed by atoms with Gasteiger partial charge in [0.2, 0.25) is 0 Å². The Morgan fingerprint density at radius 3 is 2.68 bits per heavy atom. The Labute approximate surface area is 187 Å². The van der Waals surface area contributed by atoms with Gasteiger partial charge in [-0.1, -0.05) is 12.2 Å². The van der Waals surface area contributed by atoms with Gasteiger partial charge in [-0.25, -0.2) is 4.99 Å². The number of amidine groups is 1. The molecule has 4 aliphatic rings. The summed E-state index contributed by atoms with van der Waals surface area (Å²) in [4.78, 5) is 14.4. The smallest absolute Gasteiger partial charge is 0.140 e. The molecule has 0 aromatic heterocycles. The van der Waals surface area contributed by atoms with E-state index in [2.05, 4.69) is 71.9 Å². The molecule has 1 N–H and O–H groups in total. The molecule has 3 aliphatic heterocycles. The predicted octanol–water partition coefficient (Wildman–Crippen LogP) is 4.71. The molecule has 0 bridgehead atoms. The van der Waals surface area contributed by atoms with Crippen LogP contribution in [0, 0.1) is 0 Å². The lowest BCUT2D eigenvalue weighted by molar-refractivity contribution is 0.259. The van der Waals surface area contributed by atoms with E-state index in [1.165, 1.54) is 41.8 Å². The van der Waals surface area contributed by atoms with Gasteiger partial charge in [-0.3, -0.25) is 9.89 Å². The van der Waals surface area contributed by atoms with Crippen LogP contribution >= 0.6 is 0 Å². The van der Waals surface area contributed by atoms with E-state index in [0.29, 0.717) is 6.04 Å². The van der Waals surface area contributed by atoms with Gasteiger partial charge in [-0.2, -0.15) is 0 Å². The lowest BCUT2D eigenvalue weighted by atomic mass is 9.88. The van der Waals surface area contributed by atoms with Crippen molar-refractivity contribution in [3.63, 3.8) is 0 Å². The molecule has 164 valence electrons. The Kier molecular flexibility index (Phi) is 6.15. The van der Waals surface area contributed by atoms with Gasteiger partial charge in [0.1, 0.15) is 5.84 Å². The number of piperazine rings is 1. The minimum Gasteiger partial charge on any atom is -0.368 e. The molecule has 4 rings (SSSR count). The fourth-order valence-corrected chi connectivity index (χ4v) is 4.31. The number of hydrogen-bond donors (Lipinski definition) is 1. The van der Waals surface area contributed by atoms with Gasteiger partial charge in [0, 0.05) is 44.6 Å². The van der Waals surface area contributed by atoms with Crippen LogP contribution in [-0.4, -0.2) is 54.1 Å². The molecule has 0 aromatic rings. The summed E-state index contributed by atoms with van der Waals surface area (Å²) < 4.78 is 0. The molecule has 1 saturated carbocycles. The molecule has 0 radical (unpaired) electrons. The first-order chi connectivity index (χ1) is 14.9. The molecule has 0 aromatic carbocycles. The first kappa shape index (κ1) is 21.6. The molecule has 0 unspecified atom stereocenters. The number of hydrogen-bond acceptors (Lipinski definition) is 5. The third-order valence-electron chi connectivity index (χ3n) is 6.55. The second-order valence-electron chi connectivity index (χ2n) is 9.08. The summed E-state index contributed by atoms with van der Waals surface area (Å²) in [6, 6.07) is 0.502. The lowest BCUT2D eigenvalue weighted by Gasteiger charge is -2.40. The summed E-state index contributed by atoms with van der Waals surface area (Å²) in [6.45, 7) is 15.7.